The SMILES string of the molecule is Cn1cc(Cl)c2c(F)cccc21. The molecule has 0 spiro atoms. The molecule has 0 aliphatic rings. The van der Waals surface area contributed by atoms with Crippen molar-refractivity contribution < 1.29 is 4.39 Å². The zero-order valence-corrected chi connectivity index (χ0v) is 7.27. The van der Waals surface area contributed by atoms with E-state index in [1.807, 2.05) is 13.1 Å². The fourth-order valence-corrected chi connectivity index (χ4v) is 1.68. The molecule has 1 nitrogen and oxygen atoms in total. The third-order valence-corrected chi connectivity index (χ3v) is 2.20. The van der Waals surface area contributed by atoms with Crippen molar-refractivity contribution in [1.82, 2.24) is 4.57 Å². The lowest BCUT2D eigenvalue weighted by Gasteiger charge is -1.94. The molecule has 0 aliphatic heterocycles. The van der Waals surface area contributed by atoms with E-state index in [0.717, 1.165) is 5.52 Å². The minimum absolute atomic E-state index is 0.266. The Labute approximate surface area is 74.4 Å². The number of hydrogen-bond donors (Lipinski definition) is 0. The van der Waals surface area contributed by atoms with Crippen LogP contribution in [-0.4, -0.2) is 4.57 Å². The molecule has 0 atom stereocenters. The number of aryl methyl sites for hydroxylation is 1. The fourth-order valence-electron chi connectivity index (χ4n) is 1.35. The summed E-state index contributed by atoms with van der Waals surface area (Å²) < 4.78 is 15.0. The Morgan fingerprint density at radius 2 is 2.17 bits per heavy atom. The summed E-state index contributed by atoms with van der Waals surface area (Å²) in [7, 11) is 1.84. The van der Waals surface area contributed by atoms with Crippen molar-refractivity contribution in [2.75, 3.05) is 0 Å². The normalized spacial score (nSPS) is 10.9. The van der Waals surface area contributed by atoms with Gasteiger partial charge in [-0.25, -0.2) is 4.39 Å². The summed E-state index contributed by atoms with van der Waals surface area (Å²) in [4.78, 5) is 0. The molecule has 0 N–H and O–H groups in total. The molecule has 62 valence electrons. The Morgan fingerprint density at radius 1 is 1.42 bits per heavy atom. The summed E-state index contributed by atoms with van der Waals surface area (Å²) in [5, 5.41) is 0.965. The first-order valence-electron chi connectivity index (χ1n) is 3.59. The van der Waals surface area contributed by atoms with E-state index in [4.69, 9.17) is 11.6 Å². The highest BCUT2D eigenvalue weighted by atomic mass is 35.5. The average molecular weight is 184 g/mol. The van der Waals surface area contributed by atoms with Crippen molar-refractivity contribution in [2.45, 2.75) is 0 Å². The van der Waals surface area contributed by atoms with Crippen molar-refractivity contribution >= 4 is 22.5 Å². The van der Waals surface area contributed by atoms with Crippen molar-refractivity contribution in [3.63, 3.8) is 0 Å². The maximum Gasteiger partial charge on any atom is 0.134 e. The highest BCUT2D eigenvalue weighted by Gasteiger charge is 2.07. The van der Waals surface area contributed by atoms with Crippen LogP contribution in [0.2, 0.25) is 5.02 Å². The van der Waals surface area contributed by atoms with Gasteiger partial charge in [-0.05, 0) is 12.1 Å². The lowest BCUT2D eigenvalue weighted by atomic mass is 10.2. The molecule has 0 aliphatic carbocycles. The molecule has 2 aromatic rings. The molecular weight excluding hydrogens is 177 g/mol. The average Bonchev–Trinajstić information content (AvgIpc) is 2.29. The van der Waals surface area contributed by atoms with Crippen molar-refractivity contribution in [3.05, 3.63) is 35.2 Å². The number of fused-ring (bicyclic) bond motifs is 1. The van der Waals surface area contributed by atoms with Gasteiger partial charge < -0.3 is 4.57 Å². The topological polar surface area (TPSA) is 4.93 Å². The summed E-state index contributed by atoms with van der Waals surface area (Å²) >= 11 is 5.82. The van der Waals surface area contributed by atoms with Gasteiger partial charge in [-0.1, -0.05) is 17.7 Å². The standard InChI is InChI=1S/C9H7ClFN/c1-12-5-6(10)9-7(11)3-2-4-8(9)12/h2-5H,1H3. The van der Waals surface area contributed by atoms with Crippen LogP contribution < -0.4 is 0 Å². The first-order chi connectivity index (χ1) is 5.70. The smallest absolute Gasteiger partial charge is 0.134 e. The molecular formula is C9H7ClFN. The Bertz CT molecular complexity index is 433. The molecule has 0 amide bonds. The third-order valence-electron chi connectivity index (χ3n) is 1.92. The van der Waals surface area contributed by atoms with E-state index in [9.17, 15) is 4.39 Å². The van der Waals surface area contributed by atoms with Crippen LogP contribution in [0.1, 0.15) is 0 Å². The Morgan fingerprint density at radius 3 is 2.83 bits per heavy atom. The monoisotopic (exact) mass is 183 g/mol. The number of aromatic nitrogens is 1. The van der Waals surface area contributed by atoms with Gasteiger partial charge in [-0.3, -0.25) is 0 Å². The summed E-state index contributed by atoms with van der Waals surface area (Å²) in [6, 6.07) is 4.92. The lowest BCUT2D eigenvalue weighted by molar-refractivity contribution is 0.640. The van der Waals surface area contributed by atoms with Crippen LogP contribution in [0.4, 0.5) is 4.39 Å². The number of benzene rings is 1. The summed E-state index contributed by atoms with van der Waals surface area (Å²) in [6.45, 7) is 0. The molecule has 1 heterocycles. The minimum Gasteiger partial charge on any atom is -0.349 e. The predicted molar refractivity (Wildman–Crippen MR) is 47.9 cm³/mol. The van der Waals surface area contributed by atoms with E-state index in [0.29, 0.717) is 10.4 Å². The van der Waals surface area contributed by atoms with Gasteiger partial charge in [0, 0.05) is 13.2 Å². The first-order valence-corrected chi connectivity index (χ1v) is 3.97. The van der Waals surface area contributed by atoms with Crippen molar-refractivity contribution in [1.29, 1.82) is 0 Å². The summed E-state index contributed by atoms with van der Waals surface area (Å²) in [5.74, 6) is -0.266. The van der Waals surface area contributed by atoms with Gasteiger partial charge in [0.15, 0.2) is 0 Å². The molecule has 0 unspecified atom stereocenters. The van der Waals surface area contributed by atoms with Crippen LogP contribution in [0.5, 0.6) is 0 Å². The first kappa shape index (κ1) is 7.62. The van der Waals surface area contributed by atoms with Crippen LogP contribution in [0.3, 0.4) is 0 Å². The van der Waals surface area contributed by atoms with Gasteiger partial charge in [0.05, 0.1) is 15.9 Å². The molecule has 0 fully saturated rings. The van der Waals surface area contributed by atoms with Crippen LogP contribution >= 0.6 is 11.6 Å². The number of rotatable bonds is 0. The summed E-state index contributed by atoms with van der Waals surface area (Å²) in [6.07, 6.45) is 1.70. The zero-order chi connectivity index (χ0) is 8.72. The van der Waals surface area contributed by atoms with Gasteiger partial charge in [0.1, 0.15) is 5.82 Å². The number of halogens is 2. The molecule has 0 radical (unpaired) electrons. The third kappa shape index (κ3) is 0.916. The van der Waals surface area contributed by atoms with E-state index < -0.39 is 0 Å². The largest absolute Gasteiger partial charge is 0.349 e. The second-order valence-electron chi connectivity index (χ2n) is 2.72. The molecule has 1 aromatic carbocycles. The summed E-state index contributed by atoms with van der Waals surface area (Å²) in [5.41, 5.74) is 0.819. The number of hydrogen-bond acceptors (Lipinski definition) is 0. The molecule has 12 heavy (non-hydrogen) atoms. The number of nitrogens with zero attached hydrogens (tertiary/aromatic N) is 1. The van der Waals surface area contributed by atoms with Crippen LogP contribution in [-0.2, 0) is 7.05 Å². The van der Waals surface area contributed by atoms with Crippen LogP contribution in [0.15, 0.2) is 24.4 Å². The lowest BCUT2D eigenvalue weighted by Crippen LogP contribution is -1.83. The zero-order valence-electron chi connectivity index (χ0n) is 6.51. The minimum atomic E-state index is -0.266. The van der Waals surface area contributed by atoms with E-state index in [-0.39, 0.29) is 5.82 Å². The molecule has 2 rings (SSSR count). The van der Waals surface area contributed by atoms with E-state index in [1.54, 1.807) is 16.8 Å². The maximum absolute atomic E-state index is 13.2. The molecule has 1 aromatic heterocycles. The maximum atomic E-state index is 13.2. The van der Waals surface area contributed by atoms with Gasteiger partial charge in [-0.2, -0.15) is 0 Å². The van der Waals surface area contributed by atoms with Gasteiger partial charge >= 0.3 is 0 Å². The van der Waals surface area contributed by atoms with Gasteiger partial charge in [0.2, 0.25) is 0 Å². The van der Waals surface area contributed by atoms with Crippen LogP contribution in [0.25, 0.3) is 10.9 Å². The molecule has 3 heteroatoms. The van der Waals surface area contributed by atoms with E-state index >= 15 is 0 Å². The molecule has 0 bridgehead atoms. The quantitative estimate of drug-likeness (QED) is 0.592. The Hall–Kier alpha value is -1.02. The Kier molecular flexibility index (Phi) is 1.58. The second kappa shape index (κ2) is 2.49. The fraction of sp³-hybridized carbons (Fsp3) is 0.111. The van der Waals surface area contributed by atoms with Crippen molar-refractivity contribution in [3.8, 4) is 0 Å². The van der Waals surface area contributed by atoms with E-state index in [2.05, 4.69) is 0 Å². The van der Waals surface area contributed by atoms with E-state index in [1.165, 1.54) is 6.07 Å². The van der Waals surface area contributed by atoms with Gasteiger partial charge in [0.25, 0.3) is 0 Å². The highest BCUT2D eigenvalue weighted by molar-refractivity contribution is 6.35. The van der Waals surface area contributed by atoms with Crippen LogP contribution in [0, 0.1) is 5.82 Å². The van der Waals surface area contributed by atoms with Crippen molar-refractivity contribution in [2.24, 2.45) is 7.05 Å². The predicted octanol–water partition coefficient (Wildman–Crippen LogP) is 2.97. The molecule has 0 saturated heterocycles. The molecule has 0 saturated carbocycles. The highest BCUT2D eigenvalue weighted by Crippen LogP contribution is 2.26. The Balaban J connectivity index is 2.99. The second-order valence-corrected chi connectivity index (χ2v) is 3.13. The van der Waals surface area contributed by atoms with Gasteiger partial charge in [-0.15, -0.1) is 0 Å².